The maximum absolute atomic E-state index is 11.0. The number of rotatable bonds is 19. The molecule has 0 aromatic carbocycles. The first-order valence-electron chi connectivity index (χ1n) is 11.0. The molecular formula is C22H44O3. The summed E-state index contributed by atoms with van der Waals surface area (Å²) in [5.41, 5.74) is 0. The van der Waals surface area contributed by atoms with Crippen LogP contribution in [0.1, 0.15) is 122 Å². The zero-order valence-electron chi connectivity index (χ0n) is 17.1. The Labute approximate surface area is 156 Å². The number of esters is 1. The van der Waals surface area contributed by atoms with Gasteiger partial charge in [0.1, 0.15) is 0 Å². The van der Waals surface area contributed by atoms with Gasteiger partial charge in [-0.2, -0.15) is 0 Å². The lowest BCUT2D eigenvalue weighted by molar-refractivity contribution is -0.140. The number of carbonyl (C=O) groups excluding carboxylic acids is 1. The van der Waals surface area contributed by atoms with Crippen LogP contribution in [-0.2, 0) is 9.53 Å². The van der Waals surface area contributed by atoms with Crippen molar-refractivity contribution in [1.29, 1.82) is 0 Å². The smallest absolute Gasteiger partial charge is 0.305 e. The lowest BCUT2D eigenvalue weighted by atomic mass is 10.0. The minimum Gasteiger partial charge on any atom is -0.469 e. The fraction of sp³-hybridized carbons (Fsp3) is 0.955. The second-order valence-corrected chi connectivity index (χ2v) is 7.51. The van der Waals surface area contributed by atoms with Crippen LogP contribution in [0.5, 0.6) is 0 Å². The Kier molecular flexibility index (Phi) is 19.3. The predicted octanol–water partition coefficient (Wildman–Crippen LogP) is 6.56. The third-order valence-corrected chi connectivity index (χ3v) is 5.04. The third kappa shape index (κ3) is 19.6. The van der Waals surface area contributed by atoms with Crippen LogP contribution in [0.25, 0.3) is 0 Å². The van der Waals surface area contributed by atoms with Gasteiger partial charge >= 0.3 is 5.97 Å². The minimum atomic E-state index is -0.107. The summed E-state index contributed by atoms with van der Waals surface area (Å²) in [6.45, 7) is 2.27. The van der Waals surface area contributed by atoms with Crippen molar-refractivity contribution in [3.8, 4) is 0 Å². The van der Waals surface area contributed by atoms with Crippen LogP contribution in [0, 0.1) is 0 Å². The van der Waals surface area contributed by atoms with Crippen molar-refractivity contribution in [2.45, 2.75) is 129 Å². The first-order chi connectivity index (χ1) is 12.2. The predicted molar refractivity (Wildman–Crippen MR) is 107 cm³/mol. The first-order valence-corrected chi connectivity index (χ1v) is 11.0. The van der Waals surface area contributed by atoms with Crippen LogP contribution < -0.4 is 0 Å². The van der Waals surface area contributed by atoms with Crippen molar-refractivity contribution in [1.82, 2.24) is 0 Å². The molecule has 0 saturated heterocycles. The van der Waals surface area contributed by atoms with Crippen molar-refractivity contribution in [3.63, 3.8) is 0 Å². The van der Waals surface area contributed by atoms with Gasteiger partial charge in [-0.3, -0.25) is 4.79 Å². The molecule has 0 rings (SSSR count). The summed E-state index contributed by atoms with van der Waals surface area (Å²) in [6, 6.07) is 0. The summed E-state index contributed by atoms with van der Waals surface area (Å²) in [5, 5.41) is 10.0. The molecular weight excluding hydrogens is 312 g/mol. The second-order valence-electron chi connectivity index (χ2n) is 7.51. The summed E-state index contributed by atoms with van der Waals surface area (Å²) >= 11 is 0. The maximum Gasteiger partial charge on any atom is 0.305 e. The van der Waals surface area contributed by atoms with Crippen LogP contribution in [-0.4, -0.2) is 24.3 Å². The Hall–Kier alpha value is -0.570. The van der Waals surface area contributed by atoms with Gasteiger partial charge in [-0.25, -0.2) is 0 Å². The molecule has 0 amide bonds. The molecule has 0 aliphatic carbocycles. The normalized spacial score (nSPS) is 12.3. The molecule has 1 unspecified atom stereocenters. The average molecular weight is 357 g/mol. The molecule has 1 N–H and O–H groups in total. The summed E-state index contributed by atoms with van der Waals surface area (Å²) < 4.78 is 4.63. The second kappa shape index (κ2) is 19.8. The first kappa shape index (κ1) is 24.4. The topological polar surface area (TPSA) is 46.5 Å². The Balaban J connectivity index is 3.18. The van der Waals surface area contributed by atoms with Gasteiger partial charge in [-0.1, -0.05) is 96.8 Å². The van der Waals surface area contributed by atoms with Gasteiger partial charge < -0.3 is 9.84 Å². The lowest BCUT2D eigenvalue weighted by Crippen LogP contribution is -2.06. The summed E-state index contributed by atoms with van der Waals surface area (Å²) in [6.07, 6.45) is 21.3. The van der Waals surface area contributed by atoms with Gasteiger partial charge in [0.25, 0.3) is 0 Å². The third-order valence-electron chi connectivity index (χ3n) is 5.04. The minimum absolute atomic E-state index is 0.105. The highest BCUT2D eigenvalue weighted by atomic mass is 16.5. The molecule has 150 valence electrons. The van der Waals surface area contributed by atoms with Crippen LogP contribution >= 0.6 is 0 Å². The Morgan fingerprint density at radius 3 is 1.56 bits per heavy atom. The largest absolute Gasteiger partial charge is 0.469 e. The van der Waals surface area contributed by atoms with Crippen molar-refractivity contribution < 1.29 is 14.6 Å². The number of unbranched alkanes of at least 4 members (excludes halogenated alkanes) is 13. The molecule has 0 spiro atoms. The lowest BCUT2D eigenvalue weighted by Gasteiger charge is -2.10. The van der Waals surface area contributed by atoms with Gasteiger partial charge in [0.2, 0.25) is 0 Å². The molecule has 0 saturated carbocycles. The number of methoxy groups -OCH3 is 1. The monoisotopic (exact) mass is 356 g/mol. The Morgan fingerprint density at radius 1 is 0.720 bits per heavy atom. The summed E-state index contributed by atoms with van der Waals surface area (Å²) in [7, 11) is 1.44. The van der Waals surface area contributed by atoms with Gasteiger partial charge in [0.05, 0.1) is 13.2 Å². The van der Waals surface area contributed by atoms with Gasteiger partial charge in [0.15, 0.2) is 0 Å². The van der Waals surface area contributed by atoms with E-state index in [0.717, 1.165) is 44.9 Å². The fourth-order valence-electron chi connectivity index (χ4n) is 3.29. The quantitative estimate of drug-likeness (QED) is 0.210. The molecule has 0 radical (unpaired) electrons. The van der Waals surface area contributed by atoms with Crippen LogP contribution in [0.4, 0.5) is 0 Å². The maximum atomic E-state index is 11.0. The van der Waals surface area contributed by atoms with E-state index in [9.17, 15) is 9.90 Å². The van der Waals surface area contributed by atoms with Crippen LogP contribution in [0.2, 0.25) is 0 Å². The number of aliphatic hydroxyl groups excluding tert-OH is 1. The van der Waals surface area contributed by atoms with E-state index in [1.54, 1.807) is 0 Å². The number of hydrogen-bond donors (Lipinski definition) is 1. The molecule has 25 heavy (non-hydrogen) atoms. The molecule has 0 heterocycles. The van der Waals surface area contributed by atoms with E-state index in [1.165, 1.54) is 71.3 Å². The highest BCUT2D eigenvalue weighted by Crippen LogP contribution is 2.15. The van der Waals surface area contributed by atoms with E-state index >= 15 is 0 Å². The van der Waals surface area contributed by atoms with Crippen molar-refractivity contribution in [2.75, 3.05) is 7.11 Å². The van der Waals surface area contributed by atoms with Gasteiger partial charge in [-0.05, 0) is 19.3 Å². The van der Waals surface area contributed by atoms with E-state index < -0.39 is 0 Å². The molecule has 1 atom stereocenters. The van der Waals surface area contributed by atoms with E-state index in [1.807, 2.05) is 0 Å². The van der Waals surface area contributed by atoms with E-state index in [0.29, 0.717) is 6.42 Å². The fourth-order valence-corrected chi connectivity index (χ4v) is 3.29. The molecule has 0 fully saturated rings. The molecule has 0 aromatic rings. The van der Waals surface area contributed by atoms with Crippen LogP contribution in [0.15, 0.2) is 0 Å². The Morgan fingerprint density at radius 2 is 1.12 bits per heavy atom. The van der Waals surface area contributed by atoms with Crippen molar-refractivity contribution >= 4 is 5.97 Å². The molecule has 0 aliphatic rings. The average Bonchev–Trinajstić information content (AvgIpc) is 2.62. The molecule has 0 aromatic heterocycles. The van der Waals surface area contributed by atoms with Gasteiger partial charge in [-0.15, -0.1) is 0 Å². The van der Waals surface area contributed by atoms with Crippen LogP contribution in [0.3, 0.4) is 0 Å². The summed E-state index contributed by atoms with van der Waals surface area (Å²) in [4.78, 5) is 11.0. The van der Waals surface area contributed by atoms with Crippen molar-refractivity contribution in [2.24, 2.45) is 0 Å². The van der Waals surface area contributed by atoms with E-state index in [2.05, 4.69) is 11.7 Å². The highest BCUT2D eigenvalue weighted by Gasteiger charge is 2.04. The van der Waals surface area contributed by atoms with Gasteiger partial charge in [0, 0.05) is 6.42 Å². The zero-order valence-corrected chi connectivity index (χ0v) is 17.1. The number of carbonyl (C=O) groups is 1. The number of aliphatic hydroxyl groups is 1. The standard InChI is InChI=1S/C22H44O3/c1-3-4-5-6-7-8-9-10-12-15-18-21(23)19-16-13-11-14-17-20-22(24)25-2/h21,23H,3-20H2,1-2H3. The van der Waals surface area contributed by atoms with Crippen molar-refractivity contribution in [3.05, 3.63) is 0 Å². The zero-order chi connectivity index (χ0) is 18.6. The molecule has 3 heteroatoms. The summed E-state index contributed by atoms with van der Waals surface area (Å²) in [5.74, 6) is -0.105. The highest BCUT2D eigenvalue weighted by molar-refractivity contribution is 5.68. The number of ether oxygens (including phenoxy) is 1. The molecule has 0 aliphatic heterocycles. The van der Waals surface area contributed by atoms with E-state index in [-0.39, 0.29) is 12.1 Å². The number of hydrogen-bond acceptors (Lipinski definition) is 3. The SMILES string of the molecule is CCCCCCCCCCCCC(O)CCCCCCCC(=O)OC. The molecule has 0 bridgehead atoms. The Bertz CT molecular complexity index is 278. The van der Waals surface area contributed by atoms with E-state index in [4.69, 9.17) is 0 Å². The molecule has 3 nitrogen and oxygen atoms in total.